The minimum absolute atomic E-state index is 0.0970. The molecule has 0 saturated carbocycles. The van der Waals surface area contributed by atoms with E-state index in [0.717, 1.165) is 24.1 Å². The second kappa shape index (κ2) is 9.48. The van der Waals surface area contributed by atoms with Gasteiger partial charge in [-0.05, 0) is 30.5 Å². The van der Waals surface area contributed by atoms with Crippen molar-refractivity contribution >= 4 is 17.5 Å². The first kappa shape index (κ1) is 20.0. The van der Waals surface area contributed by atoms with Crippen molar-refractivity contribution < 1.29 is 14.8 Å². The summed E-state index contributed by atoms with van der Waals surface area (Å²) in [5.74, 6) is -0.327. The molecule has 2 aromatic carbocycles. The second-order valence-electron chi connectivity index (χ2n) is 7.01. The van der Waals surface area contributed by atoms with Crippen LogP contribution in [-0.2, 0) is 9.59 Å². The summed E-state index contributed by atoms with van der Waals surface area (Å²) < 4.78 is 0. The van der Waals surface area contributed by atoms with Gasteiger partial charge in [0.15, 0.2) is 0 Å². The Hall–Kier alpha value is -2.70. The molecule has 1 heterocycles. The first-order valence-electron chi connectivity index (χ1n) is 9.75. The summed E-state index contributed by atoms with van der Waals surface area (Å²) in [4.78, 5) is 28.9. The van der Waals surface area contributed by atoms with E-state index >= 15 is 0 Å². The summed E-state index contributed by atoms with van der Waals surface area (Å²) in [5.41, 5.74) is 3.56. The van der Waals surface area contributed by atoms with Crippen molar-refractivity contribution in [2.75, 3.05) is 18.0 Å². The van der Waals surface area contributed by atoms with Gasteiger partial charge in [-0.2, -0.15) is 0 Å². The quantitative estimate of drug-likeness (QED) is 0.596. The van der Waals surface area contributed by atoms with Crippen molar-refractivity contribution in [2.24, 2.45) is 0 Å². The van der Waals surface area contributed by atoms with Crippen molar-refractivity contribution in [2.45, 2.75) is 38.3 Å². The number of nitrogens with zero attached hydrogens (tertiary/aromatic N) is 2. The Bertz CT molecular complexity index is 707. The number of amides is 2. The third kappa shape index (κ3) is 4.40. The lowest BCUT2D eigenvalue weighted by atomic mass is 9.97. The average Bonchev–Trinajstić information content (AvgIpc) is 2.76. The van der Waals surface area contributed by atoms with Gasteiger partial charge in [0.1, 0.15) is 6.04 Å². The lowest BCUT2D eigenvalue weighted by Crippen LogP contribution is -2.50. The van der Waals surface area contributed by atoms with Gasteiger partial charge in [0.25, 0.3) is 5.91 Å². The van der Waals surface area contributed by atoms with Crippen molar-refractivity contribution in [1.82, 2.24) is 10.4 Å². The number of benzene rings is 2. The van der Waals surface area contributed by atoms with Crippen molar-refractivity contribution in [1.29, 1.82) is 0 Å². The Morgan fingerprint density at radius 1 is 1.07 bits per heavy atom. The van der Waals surface area contributed by atoms with Crippen molar-refractivity contribution in [3.63, 3.8) is 0 Å². The molecule has 1 fully saturated rings. The van der Waals surface area contributed by atoms with E-state index in [2.05, 4.69) is 4.90 Å². The van der Waals surface area contributed by atoms with Crippen LogP contribution >= 0.6 is 0 Å². The molecule has 1 aliphatic rings. The van der Waals surface area contributed by atoms with Gasteiger partial charge in [0.2, 0.25) is 5.91 Å². The van der Waals surface area contributed by atoms with Crippen LogP contribution in [0, 0.1) is 0 Å². The molecule has 1 saturated heterocycles. The minimum Gasteiger partial charge on any atom is -0.309 e. The van der Waals surface area contributed by atoms with Crippen LogP contribution in [0.3, 0.4) is 0 Å². The van der Waals surface area contributed by atoms with E-state index < -0.39 is 11.9 Å². The number of carbonyl (C=O) groups excluding carboxylic acids is 2. The Morgan fingerprint density at radius 2 is 1.64 bits per heavy atom. The van der Waals surface area contributed by atoms with Gasteiger partial charge < -0.3 is 4.90 Å². The van der Waals surface area contributed by atoms with Crippen LogP contribution in [0.25, 0.3) is 0 Å². The first-order chi connectivity index (χ1) is 13.7. The summed E-state index contributed by atoms with van der Waals surface area (Å²) in [6.07, 6.45) is 1.99. The zero-order valence-electron chi connectivity index (χ0n) is 16.1. The first-order valence-corrected chi connectivity index (χ1v) is 9.75. The molecule has 28 heavy (non-hydrogen) atoms. The molecule has 1 aliphatic heterocycles. The van der Waals surface area contributed by atoms with Crippen LogP contribution in [0.15, 0.2) is 60.7 Å². The van der Waals surface area contributed by atoms with Crippen LogP contribution in [-0.4, -0.2) is 41.1 Å². The highest BCUT2D eigenvalue weighted by Gasteiger charge is 2.34. The average molecular weight is 381 g/mol. The van der Waals surface area contributed by atoms with E-state index in [1.807, 2.05) is 72.5 Å². The van der Waals surface area contributed by atoms with Gasteiger partial charge in [0.05, 0.1) is 0 Å². The predicted octanol–water partition coefficient (Wildman–Crippen LogP) is 3.14. The summed E-state index contributed by atoms with van der Waals surface area (Å²) >= 11 is 0. The van der Waals surface area contributed by atoms with E-state index in [1.165, 1.54) is 0 Å². The molecule has 0 aliphatic carbocycles. The van der Waals surface area contributed by atoms with Gasteiger partial charge in [-0.3, -0.25) is 19.7 Å². The SMILES string of the molecule is CCC(=O)N(c1ccccc1)C1CCN(C(C(=O)NO)c2ccccc2)CC1. The number of piperidine rings is 1. The molecule has 1 atom stereocenters. The molecule has 2 aromatic rings. The summed E-state index contributed by atoms with van der Waals surface area (Å²) in [5, 5.41) is 9.21. The minimum atomic E-state index is -0.542. The summed E-state index contributed by atoms with van der Waals surface area (Å²) in [7, 11) is 0. The molecule has 2 amide bonds. The summed E-state index contributed by atoms with van der Waals surface area (Å²) in [6.45, 7) is 3.21. The fraction of sp³-hybridized carbons (Fsp3) is 0.364. The van der Waals surface area contributed by atoms with E-state index in [1.54, 1.807) is 5.48 Å². The van der Waals surface area contributed by atoms with Gasteiger partial charge in [-0.15, -0.1) is 0 Å². The Morgan fingerprint density at radius 3 is 2.18 bits per heavy atom. The number of likely N-dealkylation sites (tertiary alicyclic amines) is 1. The summed E-state index contributed by atoms with van der Waals surface area (Å²) in [6, 6.07) is 18.8. The standard InChI is InChI=1S/C22H27N3O3/c1-2-20(26)25(18-11-7-4-8-12-18)19-13-15-24(16-14-19)21(22(27)23-28)17-9-5-3-6-10-17/h3-12,19,21,28H,2,13-16H2,1H3,(H,23,27). The maximum absolute atomic E-state index is 12.6. The van der Waals surface area contributed by atoms with Gasteiger partial charge in [0, 0.05) is 31.2 Å². The van der Waals surface area contributed by atoms with Crippen LogP contribution in [0.5, 0.6) is 0 Å². The van der Waals surface area contributed by atoms with E-state index in [9.17, 15) is 14.8 Å². The monoisotopic (exact) mass is 381 g/mol. The third-order valence-corrected chi connectivity index (χ3v) is 5.31. The van der Waals surface area contributed by atoms with Crippen molar-refractivity contribution in [3.05, 3.63) is 66.2 Å². The van der Waals surface area contributed by atoms with Crippen LogP contribution in [0.4, 0.5) is 5.69 Å². The molecule has 0 aromatic heterocycles. The number of nitrogens with one attached hydrogen (secondary N) is 1. The highest BCUT2D eigenvalue weighted by Crippen LogP contribution is 2.29. The molecule has 0 bridgehead atoms. The number of rotatable bonds is 6. The normalized spacial score (nSPS) is 16.4. The topological polar surface area (TPSA) is 72.9 Å². The molecule has 2 N–H and O–H groups in total. The molecule has 6 nitrogen and oxygen atoms in total. The van der Waals surface area contributed by atoms with Crippen LogP contribution in [0.1, 0.15) is 37.8 Å². The second-order valence-corrected chi connectivity index (χ2v) is 7.01. The van der Waals surface area contributed by atoms with E-state index in [4.69, 9.17) is 0 Å². The Kier molecular flexibility index (Phi) is 6.79. The van der Waals surface area contributed by atoms with Gasteiger partial charge in [-0.1, -0.05) is 55.5 Å². The fourth-order valence-corrected chi connectivity index (χ4v) is 3.94. The molecule has 0 radical (unpaired) electrons. The maximum atomic E-state index is 12.6. The number of carbonyl (C=O) groups is 2. The Labute approximate surface area is 165 Å². The smallest absolute Gasteiger partial charge is 0.265 e. The molecule has 148 valence electrons. The molecule has 1 unspecified atom stereocenters. The molecule has 3 rings (SSSR count). The third-order valence-electron chi connectivity index (χ3n) is 5.31. The maximum Gasteiger partial charge on any atom is 0.265 e. The Balaban J connectivity index is 1.76. The van der Waals surface area contributed by atoms with Gasteiger partial charge >= 0.3 is 0 Å². The lowest BCUT2D eigenvalue weighted by molar-refractivity contribution is -0.135. The number of hydrogen-bond donors (Lipinski definition) is 2. The number of anilines is 1. The highest BCUT2D eigenvalue weighted by molar-refractivity contribution is 5.93. The molecule has 0 spiro atoms. The zero-order valence-corrected chi connectivity index (χ0v) is 16.1. The number of hydrogen-bond acceptors (Lipinski definition) is 4. The molecule has 6 heteroatoms. The largest absolute Gasteiger partial charge is 0.309 e. The predicted molar refractivity (Wildman–Crippen MR) is 108 cm³/mol. The van der Waals surface area contributed by atoms with Crippen LogP contribution < -0.4 is 10.4 Å². The lowest BCUT2D eigenvalue weighted by Gasteiger charge is -2.41. The van der Waals surface area contributed by atoms with E-state index in [0.29, 0.717) is 19.5 Å². The highest BCUT2D eigenvalue weighted by atomic mass is 16.5. The van der Waals surface area contributed by atoms with Crippen LogP contribution in [0.2, 0.25) is 0 Å². The number of hydroxylamine groups is 1. The van der Waals surface area contributed by atoms with Gasteiger partial charge in [-0.25, -0.2) is 5.48 Å². The molecular weight excluding hydrogens is 354 g/mol. The van der Waals surface area contributed by atoms with Crippen molar-refractivity contribution in [3.8, 4) is 0 Å². The van der Waals surface area contributed by atoms with E-state index in [-0.39, 0.29) is 11.9 Å². The zero-order chi connectivity index (χ0) is 19.9. The molecular formula is C22H27N3O3. The fourth-order valence-electron chi connectivity index (χ4n) is 3.94. The number of para-hydroxylation sites is 1.